The number of ether oxygens (including phenoxy) is 1. The lowest BCUT2D eigenvalue weighted by Gasteiger charge is -2.08. The van der Waals surface area contributed by atoms with Crippen LogP contribution in [0.4, 0.5) is 5.69 Å². The molecule has 0 aliphatic rings. The first-order valence-corrected chi connectivity index (χ1v) is 7.64. The smallest absolute Gasteiger partial charge is 0.339 e. The summed E-state index contributed by atoms with van der Waals surface area (Å²) in [6, 6.07) is 16.1. The van der Waals surface area contributed by atoms with Gasteiger partial charge in [0.2, 0.25) is 11.8 Å². The Balaban J connectivity index is 1.70. The number of hydrogen-bond donors (Lipinski definition) is 1. The molecule has 0 saturated carbocycles. The molecule has 2 aromatic carbocycles. The zero-order valence-corrected chi connectivity index (χ0v) is 13.6. The van der Waals surface area contributed by atoms with E-state index >= 15 is 0 Å². The first kappa shape index (κ1) is 16.4. The molecule has 0 spiro atoms. The quantitative estimate of drug-likeness (QED) is 0.723. The van der Waals surface area contributed by atoms with Crippen molar-refractivity contribution in [1.82, 2.24) is 4.98 Å². The van der Waals surface area contributed by atoms with Gasteiger partial charge in [-0.25, -0.2) is 9.78 Å². The largest absolute Gasteiger partial charge is 0.465 e. The van der Waals surface area contributed by atoms with Crippen LogP contribution in [0.25, 0.3) is 11.5 Å². The fraction of sp³-hybridized carbons (Fsp3) is 0.105. The Hall–Kier alpha value is -3.41. The van der Waals surface area contributed by atoms with Gasteiger partial charge in [-0.05, 0) is 24.3 Å². The van der Waals surface area contributed by atoms with E-state index in [-0.39, 0.29) is 12.3 Å². The summed E-state index contributed by atoms with van der Waals surface area (Å²) in [6.45, 7) is 0. The van der Waals surface area contributed by atoms with E-state index in [1.54, 1.807) is 24.3 Å². The van der Waals surface area contributed by atoms with Crippen LogP contribution >= 0.6 is 0 Å². The summed E-state index contributed by atoms with van der Waals surface area (Å²) in [6.07, 6.45) is 1.49. The molecular weight excluding hydrogens is 320 g/mol. The summed E-state index contributed by atoms with van der Waals surface area (Å²) in [4.78, 5) is 28.3. The average molecular weight is 336 g/mol. The predicted octanol–water partition coefficient (Wildman–Crippen LogP) is 3.31. The molecule has 3 aromatic rings. The molecule has 0 saturated heterocycles. The third-order valence-electron chi connectivity index (χ3n) is 3.52. The van der Waals surface area contributed by atoms with Crippen LogP contribution in [0.1, 0.15) is 16.1 Å². The number of aromatic nitrogens is 1. The highest BCUT2D eigenvalue weighted by atomic mass is 16.5. The van der Waals surface area contributed by atoms with Gasteiger partial charge in [0, 0.05) is 5.56 Å². The summed E-state index contributed by atoms with van der Waals surface area (Å²) < 4.78 is 10.1. The molecule has 0 radical (unpaired) electrons. The zero-order valence-electron chi connectivity index (χ0n) is 13.6. The maximum absolute atomic E-state index is 12.2. The fourth-order valence-corrected chi connectivity index (χ4v) is 2.34. The van der Waals surface area contributed by atoms with Gasteiger partial charge in [0.25, 0.3) is 0 Å². The minimum Gasteiger partial charge on any atom is -0.465 e. The minimum atomic E-state index is -0.510. The number of anilines is 1. The number of hydrogen-bond acceptors (Lipinski definition) is 5. The Labute approximate surface area is 144 Å². The molecule has 0 atom stereocenters. The second-order valence-corrected chi connectivity index (χ2v) is 5.27. The number of carbonyl (C=O) groups excluding carboxylic acids is 2. The summed E-state index contributed by atoms with van der Waals surface area (Å²) in [5.41, 5.74) is 2.03. The molecule has 0 unspecified atom stereocenters. The third-order valence-corrected chi connectivity index (χ3v) is 3.52. The van der Waals surface area contributed by atoms with Crippen molar-refractivity contribution >= 4 is 17.6 Å². The molecule has 1 aromatic heterocycles. The molecule has 6 nitrogen and oxygen atoms in total. The molecule has 0 aliphatic heterocycles. The molecule has 1 heterocycles. The van der Waals surface area contributed by atoms with Crippen LogP contribution in [0.5, 0.6) is 0 Å². The van der Waals surface area contributed by atoms with Crippen molar-refractivity contribution in [2.75, 3.05) is 12.4 Å². The van der Waals surface area contributed by atoms with Gasteiger partial charge in [-0.2, -0.15) is 0 Å². The van der Waals surface area contributed by atoms with Gasteiger partial charge in [0.05, 0.1) is 30.5 Å². The summed E-state index contributed by atoms with van der Waals surface area (Å²) >= 11 is 0. The zero-order chi connectivity index (χ0) is 17.6. The first-order chi connectivity index (χ1) is 12.2. The van der Waals surface area contributed by atoms with E-state index in [0.717, 1.165) is 5.56 Å². The van der Waals surface area contributed by atoms with Crippen LogP contribution in [-0.4, -0.2) is 24.0 Å². The van der Waals surface area contributed by atoms with E-state index in [1.165, 1.54) is 13.4 Å². The second kappa shape index (κ2) is 7.44. The Morgan fingerprint density at radius 2 is 1.80 bits per heavy atom. The van der Waals surface area contributed by atoms with E-state index in [9.17, 15) is 9.59 Å². The summed E-state index contributed by atoms with van der Waals surface area (Å²) in [7, 11) is 1.29. The predicted molar refractivity (Wildman–Crippen MR) is 92.1 cm³/mol. The molecule has 3 rings (SSSR count). The van der Waals surface area contributed by atoms with Crippen molar-refractivity contribution < 1.29 is 18.7 Å². The SMILES string of the molecule is COC(=O)c1ccccc1NC(=O)Cc1coc(-c2ccccc2)n1. The van der Waals surface area contributed by atoms with Gasteiger partial charge < -0.3 is 14.5 Å². The van der Waals surface area contributed by atoms with E-state index in [1.807, 2.05) is 30.3 Å². The minimum absolute atomic E-state index is 0.0336. The molecule has 0 fully saturated rings. The maximum Gasteiger partial charge on any atom is 0.339 e. The number of benzene rings is 2. The molecule has 6 heteroatoms. The number of nitrogens with zero attached hydrogens (tertiary/aromatic N) is 1. The standard InChI is InChI=1S/C19H16N2O4/c1-24-19(23)15-9-5-6-10-16(15)21-17(22)11-14-12-25-18(20-14)13-7-3-2-4-8-13/h2-10,12H,11H2,1H3,(H,21,22). The Kier molecular flexibility index (Phi) is 4.89. The number of carbonyl (C=O) groups is 2. The molecule has 0 bridgehead atoms. The van der Waals surface area contributed by atoms with Crippen LogP contribution in [0, 0.1) is 0 Å². The van der Waals surface area contributed by atoms with Crippen molar-refractivity contribution in [3.63, 3.8) is 0 Å². The van der Waals surface area contributed by atoms with E-state index < -0.39 is 5.97 Å². The van der Waals surface area contributed by atoms with Crippen molar-refractivity contribution in [2.24, 2.45) is 0 Å². The molecule has 1 amide bonds. The van der Waals surface area contributed by atoms with Crippen LogP contribution in [0.3, 0.4) is 0 Å². The Morgan fingerprint density at radius 1 is 1.08 bits per heavy atom. The van der Waals surface area contributed by atoms with Gasteiger partial charge in [-0.1, -0.05) is 30.3 Å². The van der Waals surface area contributed by atoms with Crippen LogP contribution in [0.15, 0.2) is 65.3 Å². The lowest BCUT2D eigenvalue weighted by molar-refractivity contribution is -0.115. The van der Waals surface area contributed by atoms with Gasteiger partial charge in [-0.15, -0.1) is 0 Å². The second-order valence-electron chi connectivity index (χ2n) is 5.27. The molecule has 1 N–H and O–H groups in total. The molecule has 25 heavy (non-hydrogen) atoms. The van der Waals surface area contributed by atoms with Gasteiger partial charge >= 0.3 is 5.97 Å². The van der Waals surface area contributed by atoms with Crippen LogP contribution in [-0.2, 0) is 16.0 Å². The van der Waals surface area contributed by atoms with E-state index in [2.05, 4.69) is 10.3 Å². The highest BCUT2D eigenvalue weighted by Crippen LogP contribution is 2.19. The number of para-hydroxylation sites is 1. The first-order valence-electron chi connectivity index (χ1n) is 7.64. The number of methoxy groups -OCH3 is 1. The van der Waals surface area contributed by atoms with Gasteiger partial charge in [0.15, 0.2) is 0 Å². The normalized spacial score (nSPS) is 10.3. The van der Waals surface area contributed by atoms with E-state index in [4.69, 9.17) is 9.15 Å². The third kappa shape index (κ3) is 3.92. The number of oxazole rings is 1. The average Bonchev–Trinajstić information content (AvgIpc) is 3.10. The Morgan fingerprint density at radius 3 is 2.56 bits per heavy atom. The lowest BCUT2D eigenvalue weighted by atomic mass is 10.1. The number of rotatable bonds is 5. The molecule has 126 valence electrons. The summed E-state index contributed by atoms with van der Waals surface area (Å²) in [5, 5.41) is 2.70. The molecule has 0 aliphatic carbocycles. The monoisotopic (exact) mass is 336 g/mol. The maximum atomic E-state index is 12.2. The van der Waals surface area contributed by atoms with Crippen molar-refractivity contribution in [3.8, 4) is 11.5 Å². The number of nitrogens with one attached hydrogen (secondary N) is 1. The van der Waals surface area contributed by atoms with Crippen molar-refractivity contribution in [2.45, 2.75) is 6.42 Å². The Bertz CT molecular complexity index is 887. The number of esters is 1. The van der Waals surface area contributed by atoms with Crippen molar-refractivity contribution in [3.05, 3.63) is 72.1 Å². The van der Waals surface area contributed by atoms with E-state index in [0.29, 0.717) is 22.8 Å². The van der Waals surface area contributed by atoms with Crippen LogP contribution in [0.2, 0.25) is 0 Å². The van der Waals surface area contributed by atoms with Gasteiger partial charge in [0.1, 0.15) is 6.26 Å². The fourth-order valence-electron chi connectivity index (χ4n) is 2.34. The summed E-state index contributed by atoms with van der Waals surface area (Å²) in [5.74, 6) is -0.355. The van der Waals surface area contributed by atoms with Crippen LogP contribution < -0.4 is 5.32 Å². The highest BCUT2D eigenvalue weighted by molar-refractivity contribution is 6.01. The van der Waals surface area contributed by atoms with Gasteiger partial charge in [-0.3, -0.25) is 4.79 Å². The topological polar surface area (TPSA) is 81.4 Å². The molecular formula is C19H16N2O4. The highest BCUT2D eigenvalue weighted by Gasteiger charge is 2.15. The van der Waals surface area contributed by atoms with Crippen molar-refractivity contribution in [1.29, 1.82) is 0 Å². The lowest BCUT2D eigenvalue weighted by Crippen LogP contribution is -2.17. The number of amides is 1.